The highest BCUT2D eigenvalue weighted by Crippen LogP contribution is 2.33. The van der Waals surface area contributed by atoms with Gasteiger partial charge in [0, 0.05) is 23.7 Å². The van der Waals surface area contributed by atoms with E-state index in [4.69, 9.17) is 37.1 Å². The lowest BCUT2D eigenvalue weighted by Crippen LogP contribution is -2.19. The predicted octanol–water partition coefficient (Wildman–Crippen LogP) is 5.76. The summed E-state index contributed by atoms with van der Waals surface area (Å²) in [5.74, 6) is 0.766. The zero-order chi connectivity index (χ0) is 25.9. The Morgan fingerprint density at radius 3 is 2.61 bits per heavy atom. The lowest BCUT2D eigenvalue weighted by Gasteiger charge is -2.15. The number of sulfonamides is 1. The van der Waals surface area contributed by atoms with E-state index >= 15 is 0 Å². The Bertz CT molecular complexity index is 1490. The average molecular weight is 550 g/mol. The molecule has 1 N–H and O–H groups in total. The van der Waals surface area contributed by atoms with E-state index < -0.39 is 10.0 Å². The number of nitrogens with one attached hydrogen (secondary N) is 1. The molecular weight excluding hydrogens is 525 g/mol. The lowest BCUT2D eigenvalue weighted by atomic mass is 10.2. The fraction of sp³-hybridized carbons (Fsp3) is 0.240. The highest BCUT2D eigenvalue weighted by Gasteiger charge is 2.22. The number of pyridine rings is 1. The van der Waals surface area contributed by atoms with Gasteiger partial charge in [0.25, 0.3) is 10.0 Å². The summed E-state index contributed by atoms with van der Waals surface area (Å²) in [6.07, 6.45) is 1.47. The molecule has 0 bridgehead atoms. The Morgan fingerprint density at radius 2 is 1.83 bits per heavy atom. The Kier molecular flexibility index (Phi) is 7.94. The van der Waals surface area contributed by atoms with Crippen molar-refractivity contribution in [2.24, 2.45) is 0 Å². The summed E-state index contributed by atoms with van der Waals surface area (Å²) in [4.78, 5) is 6.46. The summed E-state index contributed by atoms with van der Waals surface area (Å²) in [6.45, 7) is 2.96. The largest absolute Gasteiger partial charge is 0.491 e. The Morgan fingerprint density at radius 1 is 1.03 bits per heavy atom. The van der Waals surface area contributed by atoms with E-state index in [1.54, 1.807) is 49.4 Å². The van der Waals surface area contributed by atoms with Gasteiger partial charge in [0.2, 0.25) is 0 Å². The van der Waals surface area contributed by atoms with Gasteiger partial charge in [0.15, 0.2) is 17.2 Å². The molecule has 36 heavy (non-hydrogen) atoms. The Labute approximate surface area is 219 Å². The van der Waals surface area contributed by atoms with Gasteiger partial charge in [-0.05, 0) is 56.4 Å². The number of anilines is 1. The fourth-order valence-corrected chi connectivity index (χ4v) is 5.05. The van der Waals surface area contributed by atoms with Gasteiger partial charge >= 0.3 is 0 Å². The van der Waals surface area contributed by atoms with Gasteiger partial charge in [-0.2, -0.15) is 0 Å². The summed E-state index contributed by atoms with van der Waals surface area (Å²) in [6, 6.07) is 13.2. The van der Waals surface area contributed by atoms with Gasteiger partial charge in [-0.25, -0.2) is 13.4 Å². The molecule has 0 radical (unpaired) electrons. The third kappa shape index (κ3) is 6.04. The molecule has 8 nitrogen and oxygen atoms in total. The number of nitrogens with zero attached hydrogens (tertiary/aromatic N) is 2. The maximum atomic E-state index is 13.2. The van der Waals surface area contributed by atoms with Crippen molar-refractivity contribution in [2.75, 3.05) is 32.0 Å². The highest BCUT2D eigenvalue weighted by atomic mass is 35.5. The molecule has 0 spiro atoms. The molecule has 0 saturated heterocycles. The molecule has 2 heterocycles. The molecule has 0 amide bonds. The summed E-state index contributed by atoms with van der Waals surface area (Å²) in [5.41, 5.74) is 2.14. The molecule has 11 heteroatoms. The summed E-state index contributed by atoms with van der Waals surface area (Å²) >= 11 is 12.4. The molecule has 4 rings (SSSR count). The fourth-order valence-electron chi connectivity index (χ4n) is 3.37. The minimum absolute atomic E-state index is 0.0275. The molecule has 0 atom stereocenters. The first-order valence-electron chi connectivity index (χ1n) is 11.0. The number of furan rings is 1. The van der Waals surface area contributed by atoms with Crippen molar-refractivity contribution in [2.45, 2.75) is 18.4 Å². The molecular formula is C25H25Cl2N3O5S. The monoisotopic (exact) mass is 549 g/mol. The SMILES string of the molecule is Cc1c(Cl)cccc1S(=O)(=O)Nc1nc2ccoc2cc1OCc1ccc(Cl)c(OCCN(C)C)c1. The van der Waals surface area contributed by atoms with Crippen molar-refractivity contribution in [1.82, 2.24) is 9.88 Å². The molecule has 0 aliphatic heterocycles. The first-order valence-corrected chi connectivity index (χ1v) is 13.2. The first kappa shape index (κ1) is 26.1. The van der Waals surface area contributed by atoms with Crippen LogP contribution in [0.4, 0.5) is 5.82 Å². The van der Waals surface area contributed by atoms with Gasteiger partial charge < -0.3 is 18.8 Å². The van der Waals surface area contributed by atoms with Crippen LogP contribution in [0.3, 0.4) is 0 Å². The predicted molar refractivity (Wildman–Crippen MR) is 141 cm³/mol. The molecule has 190 valence electrons. The van der Waals surface area contributed by atoms with Crippen LogP contribution < -0.4 is 14.2 Å². The highest BCUT2D eigenvalue weighted by molar-refractivity contribution is 7.92. The van der Waals surface area contributed by atoms with Gasteiger partial charge in [0.05, 0.1) is 16.2 Å². The average Bonchev–Trinajstić information content (AvgIpc) is 3.27. The molecule has 2 aromatic heterocycles. The van der Waals surface area contributed by atoms with E-state index in [2.05, 4.69) is 9.71 Å². The standard InChI is InChI=1S/C25H25Cl2N3O5S/c1-16-18(26)5-4-6-24(16)36(31,32)29-25-23(14-22-20(28-25)9-11-33-22)35-15-17-7-8-19(27)21(13-17)34-12-10-30(2)3/h4-9,11,13-14H,10,12,15H2,1-3H3,(H,28,29). The van der Waals surface area contributed by atoms with Gasteiger partial charge in [-0.15, -0.1) is 0 Å². The van der Waals surface area contributed by atoms with Crippen molar-refractivity contribution >= 4 is 50.1 Å². The van der Waals surface area contributed by atoms with Crippen molar-refractivity contribution < 1.29 is 22.3 Å². The van der Waals surface area contributed by atoms with Crippen LogP contribution in [0.5, 0.6) is 11.5 Å². The molecule has 0 aliphatic carbocycles. The number of rotatable bonds is 10. The minimum atomic E-state index is -4.00. The van der Waals surface area contributed by atoms with Crippen molar-refractivity contribution in [3.8, 4) is 11.5 Å². The number of likely N-dealkylation sites (N-methyl/N-ethyl adjacent to an activating group) is 1. The minimum Gasteiger partial charge on any atom is -0.491 e. The van der Waals surface area contributed by atoms with Crippen molar-refractivity contribution in [3.63, 3.8) is 0 Å². The van der Waals surface area contributed by atoms with Gasteiger partial charge in [-0.3, -0.25) is 4.72 Å². The van der Waals surface area contributed by atoms with E-state index in [1.807, 2.05) is 19.0 Å². The molecule has 4 aromatic rings. The number of fused-ring (bicyclic) bond motifs is 1. The van der Waals surface area contributed by atoms with Gasteiger partial charge in [-0.1, -0.05) is 35.3 Å². The van der Waals surface area contributed by atoms with Crippen LogP contribution in [-0.4, -0.2) is 45.5 Å². The molecule has 2 aromatic carbocycles. The topological polar surface area (TPSA) is 93.9 Å². The lowest BCUT2D eigenvalue weighted by molar-refractivity contribution is 0.260. The van der Waals surface area contributed by atoms with Crippen molar-refractivity contribution in [3.05, 3.63) is 76.0 Å². The maximum Gasteiger partial charge on any atom is 0.263 e. The van der Waals surface area contributed by atoms with E-state index in [-0.39, 0.29) is 23.1 Å². The normalized spacial score (nSPS) is 11.7. The second kappa shape index (κ2) is 11.0. The number of halogens is 2. The van der Waals surface area contributed by atoms with E-state index in [9.17, 15) is 8.42 Å². The van der Waals surface area contributed by atoms with Crippen LogP contribution in [0.2, 0.25) is 10.0 Å². The third-order valence-corrected chi connectivity index (χ3v) is 7.53. The quantitative estimate of drug-likeness (QED) is 0.268. The number of hydrogen-bond donors (Lipinski definition) is 1. The van der Waals surface area contributed by atoms with E-state index in [1.165, 1.54) is 12.3 Å². The number of aromatic nitrogens is 1. The summed E-state index contributed by atoms with van der Waals surface area (Å²) in [7, 11) is -0.0884. The van der Waals surface area contributed by atoms with Crippen molar-refractivity contribution in [1.29, 1.82) is 0 Å². The Hall–Kier alpha value is -2.98. The van der Waals surface area contributed by atoms with Crippen LogP contribution in [0.1, 0.15) is 11.1 Å². The summed E-state index contributed by atoms with van der Waals surface area (Å²) < 4.78 is 46.1. The second-order valence-electron chi connectivity index (χ2n) is 8.31. The van der Waals surface area contributed by atoms with Crippen LogP contribution >= 0.6 is 23.2 Å². The van der Waals surface area contributed by atoms with Crippen LogP contribution in [0, 0.1) is 6.92 Å². The smallest absolute Gasteiger partial charge is 0.263 e. The number of hydrogen-bond acceptors (Lipinski definition) is 7. The maximum absolute atomic E-state index is 13.2. The van der Waals surface area contributed by atoms with E-state index in [0.29, 0.717) is 39.1 Å². The van der Waals surface area contributed by atoms with E-state index in [0.717, 1.165) is 12.1 Å². The van der Waals surface area contributed by atoms with Crippen LogP contribution in [0.25, 0.3) is 11.1 Å². The Balaban J connectivity index is 1.59. The summed E-state index contributed by atoms with van der Waals surface area (Å²) in [5, 5.41) is 0.834. The third-order valence-electron chi connectivity index (χ3n) is 5.33. The number of benzene rings is 2. The van der Waals surface area contributed by atoms with Crippen LogP contribution in [-0.2, 0) is 16.6 Å². The molecule has 0 aliphatic rings. The molecule has 0 saturated carbocycles. The second-order valence-corrected chi connectivity index (χ2v) is 10.8. The zero-order valence-electron chi connectivity index (χ0n) is 19.9. The van der Waals surface area contributed by atoms with Gasteiger partial charge in [0.1, 0.15) is 24.5 Å². The first-order chi connectivity index (χ1) is 17.1. The zero-order valence-corrected chi connectivity index (χ0v) is 22.2. The van der Waals surface area contributed by atoms with Crippen LogP contribution in [0.15, 0.2) is 64.1 Å². The molecule has 0 fully saturated rings. The number of ether oxygens (including phenoxy) is 2. The molecule has 0 unspecified atom stereocenters.